The van der Waals surface area contributed by atoms with Crippen LogP contribution in [0.3, 0.4) is 0 Å². The number of nitrogens with one attached hydrogen (secondary N) is 1. The molecular formula is C20H15ClN4O2. The van der Waals surface area contributed by atoms with E-state index in [1.807, 2.05) is 36.4 Å². The number of para-hydroxylation sites is 1. The summed E-state index contributed by atoms with van der Waals surface area (Å²) in [5, 5.41) is 12.2. The third-order valence-corrected chi connectivity index (χ3v) is 4.33. The third kappa shape index (κ3) is 3.47. The number of halogens is 1. The van der Waals surface area contributed by atoms with E-state index in [4.69, 9.17) is 16.3 Å². The molecule has 3 aromatic carbocycles. The maximum atomic E-state index is 12.5. The Kier molecular flexibility index (Phi) is 4.48. The maximum absolute atomic E-state index is 12.5. The number of benzene rings is 3. The van der Waals surface area contributed by atoms with Crippen molar-refractivity contribution in [2.24, 2.45) is 0 Å². The molecule has 4 aromatic rings. The van der Waals surface area contributed by atoms with Gasteiger partial charge in [-0.05, 0) is 48.5 Å². The zero-order valence-electron chi connectivity index (χ0n) is 14.4. The molecule has 0 aliphatic heterocycles. The fraction of sp³-hybridized carbons (Fsp3) is 0.0500. The Morgan fingerprint density at radius 2 is 1.78 bits per heavy atom. The first-order chi connectivity index (χ1) is 13.1. The maximum Gasteiger partial charge on any atom is 0.255 e. The Morgan fingerprint density at radius 3 is 2.52 bits per heavy atom. The third-order valence-electron chi connectivity index (χ3n) is 4.04. The van der Waals surface area contributed by atoms with Gasteiger partial charge >= 0.3 is 0 Å². The molecule has 27 heavy (non-hydrogen) atoms. The Labute approximate surface area is 160 Å². The first-order valence-electron chi connectivity index (χ1n) is 8.21. The van der Waals surface area contributed by atoms with E-state index in [1.165, 1.54) is 7.11 Å². The van der Waals surface area contributed by atoms with E-state index in [2.05, 4.69) is 15.5 Å². The molecule has 0 atom stereocenters. The first kappa shape index (κ1) is 17.1. The van der Waals surface area contributed by atoms with Crippen LogP contribution in [-0.2, 0) is 0 Å². The molecule has 0 aliphatic carbocycles. The first-order valence-corrected chi connectivity index (χ1v) is 8.59. The highest BCUT2D eigenvalue weighted by Gasteiger charge is 2.11. The van der Waals surface area contributed by atoms with Gasteiger partial charge in [-0.3, -0.25) is 4.79 Å². The number of carbonyl (C=O) groups excluding carboxylic acids is 1. The van der Waals surface area contributed by atoms with Crippen LogP contribution in [0.1, 0.15) is 10.4 Å². The summed E-state index contributed by atoms with van der Waals surface area (Å²) in [5.74, 6) is 0.251. The zero-order chi connectivity index (χ0) is 18.8. The van der Waals surface area contributed by atoms with E-state index in [0.29, 0.717) is 27.5 Å². The lowest BCUT2D eigenvalue weighted by Gasteiger charge is -2.07. The molecule has 1 amide bonds. The highest BCUT2D eigenvalue weighted by molar-refractivity contribution is 6.32. The number of ether oxygens (including phenoxy) is 1. The summed E-state index contributed by atoms with van der Waals surface area (Å²) >= 11 is 6.09. The van der Waals surface area contributed by atoms with Crippen molar-refractivity contribution in [3.8, 4) is 11.4 Å². The van der Waals surface area contributed by atoms with Crippen molar-refractivity contribution < 1.29 is 9.53 Å². The van der Waals surface area contributed by atoms with Crippen molar-refractivity contribution in [2.45, 2.75) is 0 Å². The SMILES string of the molecule is COc1ccc(C(=O)Nc2ccc3nn(-c4ccccc4)nc3c2)cc1Cl. The van der Waals surface area contributed by atoms with Gasteiger partial charge in [-0.25, -0.2) is 0 Å². The van der Waals surface area contributed by atoms with Crippen molar-refractivity contribution in [1.82, 2.24) is 15.0 Å². The van der Waals surface area contributed by atoms with Crippen molar-refractivity contribution in [1.29, 1.82) is 0 Å². The fourth-order valence-electron chi connectivity index (χ4n) is 2.68. The van der Waals surface area contributed by atoms with Gasteiger partial charge in [0.2, 0.25) is 0 Å². The Bertz CT molecular complexity index is 1130. The molecule has 0 saturated carbocycles. The van der Waals surface area contributed by atoms with Crippen LogP contribution < -0.4 is 10.1 Å². The summed E-state index contributed by atoms with van der Waals surface area (Å²) in [6.45, 7) is 0. The van der Waals surface area contributed by atoms with Gasteiger partial charge in [-0.2, -0.15) is 4.80 Å². The van der Waals surface area contributed by atoms with Gasteiger partial charge in [0, 0.05) is 11.3 Å². The molecule has 4 rings (SSSR count). The number of rotatable bonds is 4. The van der Waals surface area contributed by atoms with Crippen LogP contribution in [0.25, 0.3) is 16.7 Å². The minimum atomic E-state index is -0.269. The largest absolute Gasteiger partial charge is 0.495 e. The Morgan fingerprint density at radius 1 is 1.00 bits per heavy atom. The molecule has 1 heterocycles. The van der Waals surface area contributed by atoms with Gasteiger partial charge in [0.15, 0.2) is 0 Å². The number of amides is 1. The molecule has 0 fully saturated rings. The summed E-state index contributed by atoms with van der Waals surface area (Å²) in [7, 11) is 1.53. The highest BCUT2D eigenvalue weighted by atomic mass is 35.5. The van der Waals surface area contributed by atoms with Crippen LogP contribution in [0, 0.1) is 0 Å². The molecule has 134 valence electrons. The van der Waals surface area contributed by atoms with Gasteiger partial charge in [-0.15, -0.1) is 10.2 Å². The van der Waals surface area contributed by atoms with Crippen LogP contribution >= 0.6 is 11.6 Å². The Hall–Kier alpha value is -3.38. The standard InChI is InChI=1S/C20H15ClN4O2/c1-27-19-10-7-13(11-16(19)21)20(26)22-14-8-9-17-18(12-14)24-25(23-17)15-5-3-2-4-6-15/h2-12H,1H3,(H,22,26). The molecule has 1 aromatic heterocycles. The smallest absolute Gasteiger partial charge is 0.255 e. The van der Waals surface area contributed by atoms with Gasteiger partial charge in [0.1, 0.15) is 16.8 Å². The zero-order valence-corrected chi connectivity index (χ0v) is 15.1. The average Bonchev–Trinajstić information content (AvgIpc) is 3.12. The van der Waals surface area contributed by atoms with Crippen LogP contribution in [-0.4, -0.2) is 28.0 Å². The number of methoxy groups -OCH3 is 1. The molecule has 0 saturated heterocycles. The highest BCUT2D eigenvalue weighted by Crippen LogP contribution is 2.25. The van der Waals surface area contributed by atoms with Crippen molar-refractivity contribution in [3.63, 3.8) is 0 Å². The number of hydrogen-bond acceptors (Lipinski definition) is 4. The quantitative estimate of drug-likeness (QED) is 0.573. The van der Waals surface area contributed by atoms with Crippen LogP contribution in [0.15, 0.2) is 66.7 Å². The number of hydrogen-bond donors (Lipinski definition) is 1. The van der Waals surface area contributed by atoms with Crippen LogP contribution in [0.4, 0.5) is 5.69 Å². The molecular weight excluding hydrogens is 364 g/mol. The molecule has 0 unspecified atom stereocenters. The predicted octanol–water partition coefficient (Wildman–Crippen LogP) is 4.33. The van der Waals surface area contributed by atoms with E-state index in [0.717, 1.165) is 11.2 Å². The molecule has 0 radical (unpaired) electrons. The van der Waals surface area contributed by atoms with E-state index in [9.17, 15) is 4.79 Å². The van der Waals surface area contributed by atoms with E-state index >= 15 is 0 Å². The molecule has 6 nitrogen and oxygen atoms in total. The average molecular weight is 379 g/mol. The van der Waals surface area contributed by atoms with E-state index in [-0.39, 0.29) is 5.91 Å². The lowest BCUT2D eigenvalue weighted by atomic mass is 10.2. The number of nitrogens with zero attached hydrogens (tertiary/aromatic N) is 3. The van der Waals surface area contributed by atoms with Gasteiger partial charge in [0.25, 0.3) is 5.91 Å². The summed E-state index contributed by atoms with van der Waals surface area (Å²) in [4.78, 5) is 14.0. The minimum absolute atomic E-state index is 0.269. The van der Waals surface area contributed by atoms with Gasteiger partial charge < -0.3 is 10.1 Å². The number of anilines is 1. The molecule has 7 heteroatoms. The Balaban J connectivity index is 1.59. The second-order valence-electron chi connectivity index (χ2n) is 5.83. The number of carbonyl (C=O) groups is 1. The van der Waals surface area contributed by atoms with Crippen molar-refractivity contribution in [2.75, 3.05) is 12.4 Å². The fourth-order valence-corrected chi connectivity index (χ4v) is 2.94. The second-order valence-corrected chi connectivity index (χ2v) is 6.24. The summed E-state index contributed by atoms with van der Waals surface area (Å²) in [5.41, 5.74) is 3.36. The van der Waals surface area contributed by atoms with E-state index < -0.39 is 0 Å². The number of fused-ring (bicyclic) bond motifs is 1. The lowest BCUT2D eigenvalue weighted by Crippen LogP contribution is -2.11. The van der Waals surface area contributed by atoms with Crippen molar-refractivity contribution in [3.05, 3.63) is 77.3 Å². The summed E-state index contributed by atoms with van der Waals surface area (Å²) in [6.07, 6.45) is 0. The normalized spacial score (nSPS) is 10.7. The summed E-state index contributed by atoms with van der Waals surface area (Å²) in [6, 6.07) is 19.9. The molecule has 0 aliphatic rings. The monoisotopic (exact) mass is 378 g/mol. The van der Waals surface area contributed by atoms with Gasteiger partial charge in [-0.1, -0.05) is 29.8 Å². The summed E-state index contributed by atoms with van der Waals surface area (Å²) < 4.78 is 5.10. The number of aromatic nitrogens is 3. The van der Waals surface area contributed by atoms with Crippen LogP contribution in [0.2, 0.25) is 5.02 Å². The predicted molar refractivity (Wildman–Crippen MR) is 105 cm³/mol. The molecule has 0 bridgehead atoms. The van der Waals surface area contributed by atoms with Crippen LogP contribution in [0.5, 0.6) is 5.75 Å². The van der Waals surface area contributed by atoms with Crippen molar-refractivity contribution >= 4 is 34.2 Å². The van der Waals surface area contributed by atoms with E-state index in [1.54, 1.807) is 35.1 Å². The molecule has 1 N–H and O–H groups in total. The minimum Gasteiger partial charge on any atom is -0.495 e. The second kappa shape index (κ2) is 7.09. The lowest BCUT2D eigenvalue weighted by molar-refractivity contribution is 0.102. The van der Waals surface area contributed by atoms with Gasteiger partial charge in [0.05, 0.1) is 17.8 Å². The topological polar surface area (TPSA) is 69.0 Å². The molecule has 0 spiro atoms.